The second kappa shape index (κ2) is 4.77. The molecule has 1 aromatic carbocycles. The molecular formula is C14H21IN2OSi. The Morgan fingerprint density at radius 1 is 1.26 bits per heavy atom. The van der Waals surface area contributed by atoms with Crippen LogP contribution in [0.1, 0.15) is 20.8 Å². The minimum absolute atomic E-state index is 0.206. The van der Waals surface area contributed by atoms with Crippen LogP contribution in [0.15, 0.2) is 18.3 Å². The lowest BCUT2D eigenvalue weighted by molar-refractivity contribution is 0.490. The van der Waals surface area contributed by atoms with Crippen molar-refractivity contribution in [3.05, 3.63) is 21.9 Å². The van der Waals surface area contributed by atoms with Crippen molar-refractivity contribution in [1.82, 2.24) is 9.78 Å². The van der Waals surface area contributed by atoms with Crippen LogP contribution in [0.25, 0.3) is 10.9 Å². The molecule has 0 spiro atoms. The predicted molar refractivity (Wildman–Crippen MR) is 91.3 cm³/mol. The van der Waals surface area contributed by atoms with Gasteiger partial charge in [-0.25, -0.2) is 0 Å². The molecule has 104 valence electrons. The average Bonchev–Trinajstić information content (AvgIpc) is 2.59. The zero-order valence-electron chi connectivity index (χ0n) is 12.4. The van der Waals surface area contributed by atoms with Gasteiger partial charge in [-0.2, -0.15) is 5.10 Å². The van der Waals surface area contributed by atoms with Crippen LogP contribution in [0.5, 0.6) is 5.75 Å². The van der Waals surface area contributed by atoms with Gasteiger partial charge < -0.3 is 4.43 Å². The highest BCUT2D eigenvalue weighted by atomic mass is 127. The third kappa shape index (κ3) is 2.81. The van der Waals surface area contributed by atoms with E-state index < -0.39 is 8.32 Å². The highest BCUT2D eigenvalue weighted by Crippen LogP contribution is 2.39. The molecule has 0 fully saturated rings. The molecule has 5 heteroatoms. The van der Waals surface area contributed by atoms with E-state index in [0.717, 1.165) is 20.2 Å². The molecule has 0 bridgehead atoms. The van der Waals surface area contributed by atoms with Crippen molar-refractivity contribution in [3.8, 4) is 5.75 Å². The number of hydrogen-bond acceptors (Lipinski definition) is 2. The molecule has 0 amide bonds. The van der Waals surface area contributed by atoms with Gasteiger partial charge in [0.15, 0.2) is 0 Å². The molecule has 1 heterocycles. The van der Waals surface area contributed by atoms with Crippen molar-refractivity contribution in [3.63, 3.8) is 0 Å². The van der Waals surface area contributed by atoms with Gasteiger partial charge in [0.1, 0.15) is 5.75 Å². The van der Waals surface area contributed by atoms with Crippen molar-refractivity contribution < 1.29 is 4.43 Å². The van der Waals surface area contributed by atoms with Crippen molar-refractivity contribution in [2.24, 2.45) is 7.05 Å². The lowest BCUT2D eigenvalue weighted by Gasteiger charge is -2.36. The van der Waals surface area contributed by atoms with Gasteiger partial charge in [0.25, 0.3) is 8.32 Å². The summed E-state index contributed by atoms with van der Waals surface area (Å²) in [5, 5.41) is 5.66. The standard InChI is InChI=1S/C14H21IN2OSi/c1-14(2,3)19(5,6)18-13-8-12-10(7-11(13)15)9-16-17(12)4/h7-9H,1-6H3. The highest BCUT2D eigenvalue weighted by Gasteiger charge is 2.39. The van der Waals surface area contributed by atoms with Gasteiger partial charge in [0, 0.05) is 18.5 Å². The van der Waals surface area contributed by atoms with Crippen LogP contribution >= 0.6 is 22.6 Å². The molecule has 3 nitrogen and oxygen atoms in total. The smallest absolute Gasteiger partial charge is 0.250 e. The third-order valence-corrected chi connectivity index (χ3v) is 9.16. The lowest BCUT2D eigenvalue weighted by atomic mass is 10.2. The average molecular weight is 388 g/mol. The molecule has 0 unspecified atom stereocenters. The van der Waals surface area contributed by atoms with Crippen molar-refractivity contribution in [2.45, 2.75) is 38.9 Å². The summed E-state index contributed by atoms with van der Waals surface area (Å²) in [5.41, 5.74) is 1.12. The summed E-state index contributed by atoms with van der Waals surface area (Å²) in [6.07, 6.45) is 1.90. The largest absolute Gasteiger partial charge is 0.543 e. The minimum Gasteiger partial charge on any atom is -0.543 e. The van der Waals surface area contributed by atoms with Gasteiger partial charge in [0.2, 0.25) is 0 Å². The summed E-state index contributed by atoms with van der Waals surface area (Å²) < 4.78 is 9.47. The Kier molecular flexibility index (Phi) is 3.72. The zero-order valence-corrected chi connectivity index (χ0v) is 15.6. The summed E-state index contributed by atoms with van der Waals surface area (Å²) in [7, 11) is 0.168. The number of rotatable bonds is 2. The molecule has 0 aliphatic heterocycles. The lowest BCUT2D eigenvalue weighted by Crippen LogP contribution is -2.44. The fraction of sp³-hybridized carbons (Fsp3) is 0.500. The number of aromatic nitrogens is 2. The zero-order chi connectivity index (χ0) is 14.4. The molecule has 0 saturated carbocycles. The van der Waals surface area contributed by atoms with E-state index in [1.54, 1.807) is 0 Å². The SMILES string of the molecule is Cn1ncc2cc(I)c(O[Si](C)(C)C(C)(C)C)cc21. The first kappa shape index (κ1) is 14.8. The first-order valence-electron chi connectivity index (χ1n) is 6.42. The van der Waals surface area contributed by atoms with Crippen molar-refractivity contribution in [2.75, 3.05) is 0 Å². The summed E-state index contributed by atoms with van der Waals surface area (Å²) in [6.45, 7) is 11.3. The molecule has 19 heavy (non-hydrogen) atoms. The first-order chi connectivity index (χ1) is 8.62. The Balaban J connectivity index is 2.45. The monoisotopic (exact) mass is 388 g/mol. The molecule has 0 aliphatic rings. The Bertz CT molecular complexity index is 614. The van der Waals surface area contributed by atoms with Crippen LogP contribution < -0.4 is 4.43 Å². The molecular weight excluding hydrogens is 367 g/mol. The van der Waals surface area contributed by atoms with Gasteiger partial charge in [-0.1, -0.05) is 20.8 Å². The topological polar surface area (TPSA) is 27.1 Å². The molecule has 0 N–H and O–H groups in total. The first-order valence-corrected chi connectivity index (χ1v) is 10.4. The summed E-state index contributed by atoms with van der Waals surface area (Å²) in [6, 6.07) is 4.26. The number of benzene rings is 1. The van der Waals surface area contributed by atoms with E-state index in [0.29, 0.717) is 0 Å². The number of aryl methyl sites for hydroxylation is 1. The van der Waals surface area contributed by atoms with E-state index in [-0.39, 0.29) is 5.04 Å². The van der Waals surface area contributed by atoms with Crippen molar-refractivity contribution in [1.29, 1.82) is 0 Å². The number of halogens is 1. The molecule has 0 atom stereocenters. The molecule has 1 aromatic heterocycles. The molecule has 0 aliphatic carbocycles. The second-order valence-electron chi connectivity index (χ2n) is 6.47. The van der Waals surface area contributed by atoms with E-state index in [2.05, 4.69) is 73.7 Å². The van der Waals surface area contributed by atoms with E-state index in [1.165, 1.54) is 0 Å². The minimum atomic E-state index is -1.80. The van der Waals surface area contributed by atoms with Gasteiger partial charge in [0.05, 0.1) is 15.3 Å². The van der Waals surface area contributed by atoms with E-state index in [4.69, 9.17) is 4.43 Å². The van der Waals surface area contributed by atoms with Gasteiger partial charge >= 0.3 is 0 Å². The van der Waals surface area contributed by atoms with E-state index >= 15 is 0 Å². The van der Waals surface area contributed by atoms with Gasteiger partial charge in [-0.15, -0.1) is 0 Å². The van der Waals surface area contributed by atoms with Crippen LogP contribution in [-0.2, 0) is 7.05 Å². The Hall–Kier alpha value is -0.563. The van der Waals surface area contributed by atoms with Crippen LogP contribution in [0.3, 0.4) is 0 Å². The highest BCUT2D eigenvalue weighted by molar-refractivity contribution is 14.1. The molecule has 0 saturated heterocycles. The number of hydrogen-bond donors (Lipinski definition) is 0. The fourth-order valence-corrected chi connectivity index (χ4v) is 3.49. The van der Waals surface area contributed by atoms with Crippen LogP contribution in [0.4, 0.5) is 0 Å². The molecule has 2 aromatic rings. The van der Waals surface area contributed by atoms with Gasteiger partial charge in [-0.3, -0.25) is 4.68 Å². The van der Waals surface area contributed by atoms with E-state index in [9.17, 15) is 0 Å². The van der Waals surface area contributed by atoms with Crippen LogP contribution in [0, 0.1) is 3.57 Å². The fourth-order valence-electron chi connectivity index (χ4n) is 1.66. The van der Waals surface area contributed by atoms with Crippen LogP contribution in [-0.4, -0.2) is 18.1 Å². The maximum absolute atomic E-state index is 6.42. The summed E-state index contributed by atoms with van der Waals surface area (Å²) in [5.74, 6) is 0.989. The summed E-state index contributed by atoms with van der Waals surface area (Å²) in [4.78, 5) is 0. The maximum Gasteiger partial charge on any atom is 0.250 e. The Morgan fingerprint density at radius 3 is 2.47 bits per heavy atom. The number of nitrogens with zero attached hydrogens (tertiary/aromatic N) is 2. The Morgan fingerprint density at radius 2 is 1.89 bits per heavy atom. The molecule has 2 rings (SSSR count). The predicted octanol–water partition coefficient (Wildman–Crippen LogP) is 4.56. The van der Waals surface area contributed by atoms with E-state index in [1.807, 2.05) is 17.9 Å². The van der Waals surface area contributed by atoms with Crippen LogP contribution in [0.2, 0.25) is 18.1 Å². The maximum atomic E-state index is 6.42. The quantitative estimate of drug-likeness (QED) is 0.557. The summed E-state index contributed by atoms with van der Waals surface area (Å²) >= 11 is 2.35. The molecule has 0 radical (unpaired) electrons. The van der Waals surface area contributed by atoms with Gasteiger partial charge in [-0.05, 0) is 46.8 Å². The second-order valence-corrected chi connectivity index (χ2v) is 12.4. The third-order valence-electron chi connectivity index (χ3n) is 3.97. The number of fused-ring (bicyclic) bond motifs is 1. The normalized spacial score (nSPS) is 13.0. The Labute approximate surface area is 129 Å². The van der Waals surface area contributed by atoms with Crippen molar-refractivity contribution >= 4 is 41.8 Å².